The van der Waals surface area contributed by atoms with Crippen LogP contribution in [0.25, 0.3) is 0 Å². The van der Waals surface area contributed by atoms with Crippen LogP contribution in [0.15, 0.2) is 58.9 Å². The Morgan fingerprint density at radius 2 is 1.97 bits per heavy atom. The average molecular weight is 423 g/mol. The number of nitrogens with two attached hydrogens (primary N) is 1. The van der Waals surface area contributed by atoms with Crippen molar-refractivity contribution in [3.05, 3.63) is 59.4 Å². The zero-order valence-corrected chi connectivity index (χ0v) is 18.5. The maximum Gasteiger partial charge on any atom is 0.272 e. The fourth-order valence-corrected chi connectivity index (χ4v) is 4.54. The summed E-state index contributed by atoms with van der Waals surface area (Å²) in [5.41, 5.74) is 8.62. The summed E-state index contributed by atoms with van der Waals surface area (Å²) in [5, 5.41) is 3.44. The Morgan fingerprint density at radius 3 is 2.65 bits per heavy atom. The zero-order chi connectivity index (χ0) is 22.2. The highest BCUT2D eigenvalue weighted by atomic mass is 16.2. The molecule has 3 N–H and O–H groups in total. The third-order valence-electron chi connectivity index (χ3n) is 6.48. The van der Waals surface area contributed by atoms with Crippen LogP contribution in [0.2, 0.25) is 0 Å². The minimum absolute atomic E-state index is 0.195. The molecule has 166 valence electrons. The van der Waals surface area contributed by atoms with Crippen LogP contribution in [0, 0.1) is 5.92 Å². The Morgan fingerprint density at radius 1 is 1.26 bits per heavy atom. The number of likely N-dealkylation sites (tertiary alicyclic amines) is 1. The number of aliphatic imine (C=N–C) groups is 1. The highest BCUT2D eigenvalue weighted by Gasteiger charge is 2.26. The molecular formula is C25H34N4O2. The van der Waals surface area contributed by atoms with Gasteiger partial charge in [-0.05, 0) is 43.6 Å². The van der Waals surface area contributed by atoms with Gasteiger partial charge in [0.15, 0.2) is 0 Å². The van der Waals surface area contributed by atoms with Gasteiger partial charge in [-0.3, -0.25) is 9.59 Å². The number of amides is 1. The van der Waals surface area contributed by atoms with Gasteiger partial charge in [-0.15, -0.1) is 0 Å². The van der Waals surface area contributed by atoms with E-state index in [4.69, 9.17) is 5.73 Å². The molecule has 2 aliphatic rings. The van der Waals surface area contributed by atoms with E-state index in [0.717, 1.165) is 19.3 Å². The zero-order valence-electron chi connectivity index (χ0n) is 18.5. The molecule has 1 heterocycles. The molecule has 2 fully saturated rings. The van der Waals surface area contributed by atoms with Gasteiger partial charge in [-0.2, -0.15) is 0 Å². The van der Waals surface area contributed by atoms with E-state index in [1.807, 2.05) is 6.92 Å². The molecule has 1 amide bonds. The van der Waals surface area contributed by atoms with E-state index >= 15 is 0 Å². The molecular weight excluding hydrogens is 388 g/mol. The number of piperidine rings is 1. The predicted octanol–water partition coefficient (Wildman–Crippen LogP) is 3.52. The van der Waals surface area contributed by atoms with Crippen molar-refractivity contribution < 1.29 is 9.59 Å². The second-order valence-corrected chi connectivity index (χ2v) is 8.58. The van der Waals surface area contributed by atoms with Gasteiger partial charge in [0.05, 0.1) is 6.34 Å². The number of allylic oxidation sites excluding steroid dienone is 1. The van der Waals surface area contributed by atoms with E-state index in [1.165, 1.54) is 24.8 Å². The van der Waals surface area contributed by atoms with Crippen LogP contribution in [0.1, 0.15) is 56.9 Å². The first kappa shape index (κ1) is 22.8. The third-order valence-corrected chi connectivity index (χ3v) is 6.48. The molecule has 31 heavy (non-hydrogen) atoms. The summed E-state index contributed by atoms with van der Waals surface area (Å²) >= 11 is 0. The molecule has 1 aliphatic heterocycles. The van der Waals surface area contributed by atoms with E-state index in [-0.39, 0.29) is 11.7 Å². The molecule has 2 atom stereocenters. The smallest absolute Gasteiger partial charge is 0.272 e. The van der Waals surface area contributed by atoms with Crippen LogP contribution in [0.4, 0.5) is 0 Å². The van der Waals surface area contributed by atoms with Gasteiger partial charge in [-0.1, -0.05) is 43.3 Å². The van der Waals surface area contributed by atoms with Gasteiger partial charge in [0.2, 0.25) is 0 Å². The third kappa shape index (κ3) is 6.06. The van der Waals surface area contributed by atoms with Crippen LogP contribution in [0.3, 0.4) is 0 Å². The standard InChI is InChI=1S/C25H34N4O2/c1-18(24(28-17-26)25(31)29-13-11-23(30)12-14-29)19(2)27-16-20-7-6-10-22(15-20)21-8-4-3-5-9-21/h3-5,8-9,17,20,22,27H,2,6-7,10-16H2,1H3,(H2,26,28)/b24-18-/t20-,22+/m0/s1. The number of carbonyl (C=O) groups is 2. The quantitative estimate of drug-likeness (QED) is 0.305. The van der Waals surface area contributed by atoms with Gasteiger partial charge in [0, 0.05) is 43.7 Å². The van der Waals surface area contributed by atoms with E-state index in [2.05, 4.69) is 47.2 Å². The number of Topliss-reactive ketones (excluding diaryl/α,β-unsaturated/α-hetero) is 1. The largest absolute Gasteiger partial charge is 0.390 e. The van der Waals surface area contributed by atoms with Gasteiger partial charge in [0.25, 0.3) is 5.91 Å². The Labute approximate surface area is 185 Å². The maximum atomic E-state index is 13.0. The SMILES string of the molecule is C=C(NC[C@H]1CCC[C@@H](c2ccccc2)C1)/C(C)=C(\N=C/N)C(=O)N1CCC(=O)CC1. The van der Waals surface area contributed by atoms with Crippen molar-refractivity contribution in [2.75, 3.05) is 19.6 Å². The summed E-state index contributed by atoms with van der Waals surface area (Å²) in [6.45, 7) is 7.68. The number of hydrogen-bond donors (Lipinski definition) is 2. The minimum Gasteiger partial charge on any atom is -0.390 e. The number of carbonyl (C=O) groups excluding carboxylic acids is 2. The van der Waals surface area contributed by atoms with Crippen LogP contribution in [0.5, 0.6) is 0 Å². The number of benzene rings is 1. The van der Waals surface area contributed by atoms with Crippen molar-refractivity contribution in [3.8, 4) is 0 Å². The molecule has 3 rings (SSSR count). The van der Waals surface area contributed by atoms with Crippen molar-refractivity contribution in [2.45, 2.75) is 51.4 Å². The second-order valence-electron chi connectivity index (χ2n) is 8.58. The number of ketones is 1. The molecule has 1 saturated carbocycles. The number of rotatable bonds is 7. The molecule has 0 aromatic heterocycles. The van der Waals surface area contributed by atoms with E-state index < -0.39 is 0 Å². The fraction of sp³-hybridized carbons (Fsp3) is 0.480. The molecule has 0 unspecified atom stereocenters. The predicted molar refractivity (Wildman–Crippen MR) is 124 cm³/mol. The summed E-state index contributed by atoms with van der Waals surface area (Å²) in [4.78, 5) is 30.3. The van der Waals surface area contributed by atoms with E-state index in [1.54, 1.807) is 4.90 Å². The lowest BCUT2D eigenvalue weighted by Gasteiger charge is -2.30. The number of hydrogen-bond acceptors (Lipinski definition) is 4. The lowest BCUT2D eigenvalue weighted by molar-refractivity contribution is -0.131. The van der Waals surface area contributed by atoms with Crippen molar-refractivity contribution >= 4 is 18.0 Å². The first-order valence-electron chi connectivity index (χ1n) is 11.2. The van der Waals surface area contributed by atoms with Crippen molar-refractivity contribution in [1.82, 2.24) is 10.2 Å². The lowest BCUT2D eigenvalue weighted by atomic mass is 9.78. The van der Waals surface area contributed by atoms with Gasteiger partial charge in [0.1, 0.15) is 11.5 Å². The molecule has 6 nitrogen and oxygen atoms in total. The summed E-state index contributed by atoms with van der Waals surface area (Å²) in [7, 11) is 0. The van der Waals surface area contributed by atoms with Crippen LogP contribution >= 0.6 is 0 Å². The molecule has 0 bridgehead atoms. The Bertz CT molecular complexity index is 850. The second kappa shape index (κ2) is 10.9. The molecule has 0 spiro atoms. The van der Waals surface area contributed by atoms with E-state index in [9.17, 15) is 9.59 Å². The first-order valence-corrected chi connectivity index (χ1v) is 11.2. The van der Waals surface area contributed by atoms with Gasteiger partial charge < -0.3 is 16.0 Å². The highest BCUT2D eigenvalue weighted by molar-refractivity contribution is 5.96. The topological polar surface area (TPSA) is 87.8 Å². The maximum absolute atomic E-state index is 13.0. The highest BCUT2D eigenvalue weighted by Crippen LogP contribution is 2.36. The molecule has 1 aliphatic carbocycles. The Kier molecular flexibility index (Phi) is 8.04. The van der Waals surface area contributed by atoms with Crippen molar-refractivity contribution in [1.29, 1.82) is 0 Å². The normalized spacial score (nSPS) is 22.9. The van der Waals surface area contributed by atoms with Crippen LogP contribution < -0.4 is 11.1 Å². The average Bonchev–Trinajstić information content (AvgIpc) is 2.81. The minimum atomic E-state index is -0.198. The van der Waals surface area contributed by atoms with Gasteiger partial charge in [-0.25, -0.2) is 4.99 Å². The summed E-state index contributed by atoms with van der Waals surface area (Å²) < 4.78 is 0. The Balaban J connectivity index is 1.61. The number of nitrogens with zero attached hydrogens (tertiary/aromatic N) is 2. The summed E-state index contributed by atoms with van der Waals surface area (Å²) in [6, 6.07) is 10.7. The van der Waals surface area contributed by atoms with Crippen LogP contribution in [-0.2, 0) is 9.59 Å². The molecule has 1 aromatic rings. The van der Waals surface area contributed by atoms with Crippen molar-refractivity contribution in [2.24, 2.45) is 16.6 Å². The Hall–Kier alpha value is -2.89. The lowest BCUT2D eigenvalue weighted by Crippen LogP contribution is -2.39. The summed E-state index contributed by atoms with van der Waals surface area (Å²) in [5.74, 6) is 1.17. The molecule has 0 radical (unpaired) electrons. The molecule has 6 heteroatoms. The molecule has 1 aromatic carbocycles. The monoisotopic (exact) mass is 422 g/mol. The number of nitrogens with one attached hydrogen (secondary N) is 1. The first-order chi connectivity index (χ1) is 15.0. The van der Waals surface area contributed by atoms with Crippen LogP contribution in [-0.4, -0.2) is 42.6 Å². The molecule has 1 saturated heterocycles. The van der Waals surface area contributed by atoms with E-state index in [0.29, 0.717) is 54.7 Å². The van der Waals surface area contributed by atoms with Gasteiger partial charge >= 0.3 is 0 Å². The fourth-order valence-electron chi connectivity index (χ4n) is 4.54. The van der Waals surface area contributed by atoms with Crippen molar-refractivity contribution in [3.63, 3.8) is 0 Å². The summed E-state index contributed by atoms with van der Waals surface area (Å²) in [6.07, 6.45) is 6.75.